The van der Waals surface area contributed by atoms with E-state index in [2.05, 4.69) is 4.98 Å². The quantitative estimate of drug-likeness (QED) is 0.660. The molecule has 7 heteroatoms. The van der Waals surface area contributed by atoms with Gasteiger partial charge >= 0.3 is 6.18 Å². The molecule has 0 aliphatic heterocycles. The molecule has 0 amide bonds. The largest absolute Gasteiger partial charge is 0.506 e. The Bertz CT molecular complexity index is 741. The second-order valence-corrected chi connectivity index (χ2v) is 5.03. The fourth-order valence-electron chi connectivity index (χ4n) is 1.74. The Morgan fingerprint density at radius 2 is 2.00 bits per heavy atom. The highest BCUT2D eigenvalue weighted by Gasteiger charge is 2.34. The normalized spacial score (nSPS) is 12.7. The molecule has 0 atom stereocenters. The minimum Gasteiger partial charge on any atom is -0.506 e. The molecule has 0 saturated carbocycles. The molecule has 1 aromatic carbocycles. The highest BCUT2D eigenvalue weighted by atomic mass is 32.1. The van der Waals surface area contributed by atoms with E-state index in [1.807, 2.05) is 0 Å². The van der Waals surface area contributed by atoms with Crippen molar-refractivity contribution in [1.29, 1.82) is 5.26 Å². The molecule has 2 rings (SSSR count). The third-order valence-electron chi connectivity index (χ3n) is 2.67. The van der Waals surface area contributed by atoms with E-state index in [9.17, 15) is 18.3 Å². The van der Waals surface area contributed by atoms with Crippen molar-refractivity contribution in [2.45, 2.75) is 13.1 Å². The summed E-state index contributed by atoms with van der Waals surface area (Å²) >= 11 is 1.09. The Balaban J connectivity index is 2.65. The fraction of sp³-hybridized carbons (Fsp3) is 0.143. The minimum absolute atomic E-state index is 0.185. The number of alkyl halides is 3. The number of aliphatic hydroxyl groups is 1. The van der Waals surface area contributed by atoms with Gasteiger partial charge in [-0.2, -0.15) is 18.4 Å². The highest BCUT2D eigenvalue weighted by Crippen LogP contribution is 2.36. The van der Waals surface area contributed by atoms with Crippen molar-refractivity contribution in [3.8, 4) is 6.07 Å². The van der Waals surface area contributed by atoms with Crippen molar-refractivity contribution >= 4 is 22.7 Å². The first-order chi connectivity index (χ1) is 9.84. The van der Waals surface area contributed by atoms with Crippen molar-refractivity contribution in [1.82, 2.24) is 4.98 Å². The Kier molecular flexibility index (Phi) is 4.00. The first-order valence-corrected chi connectivity index (χ1v) is 6.65. The lowest BCUT2D eigenvalue weighted by molar-refractivity contribution is -0.137. The second-order valence-electron chi connectivity index (χ2n) is 4.17. The molecule has 0 aliphatic carbocycles. The third-order valence-corrected chi connectivity index (χ3v) is 3.65. The molecule has 0 bridgehead atoms. The SMILES string of the molecule is Cc1csc(/C(C#N)=C(\O)c2ccccc2C(F)(F)F)n1. The van der Waals surface area contributed by atoms with Gasteiger partial charge in [0.05, 0.1) is 5.56 Å². The summed E-state index contributed by atoms with van der Waals surface area (Å²) < 4.78 is 38.9. The molecular weight excluding hydrogens is 301 g/mol. The molecule has 1 heterocycles. The first kappa shape index (κ1) is 15.1. The standard InChI is InChI=1S/C14H9F3N2OS/c1-8-7-21-13(19-8)10(6-18)12(20)9-4-2-3-5-11(9)14(15,16)17/h2-5,7,20H,1H3/b12-10-. The summed E-state index contributed by atoms with van der Waals surface area (Å²) in [5, 5.41) is 21.1. The van der Waals surface area contributed by atoms with Gasteiger partial charge in [-0.05, 0) is 13.0 Å². The van der Waals surface area contributed by atoms with Gasteiger partial charge in [0.2, 0.25) is 0 Å². The van der Waals surface area contributed by atoms with Gasteiger partial charge in [0.1, 0.15) is 22.4 Å². The molecule has 108 valence electrons. The molecule has 0 spiro atoms. The zero-order valence-corrected chi connectivity index (χ0v) is 11.6. The number of thiazole rings is 1. The lowest BCUT2D eigenvalue weighted by Gasteiger charge is -2.12. The molecule has 2 aromatic rings. The van der Waals surface area contributed by atoms with E-state index in [0.717, 1.165) is 23.5 Å². The predicted octanol–water partition coefficient (Wildman–Crippen LogP) is 4.42. The second kappa shape index (κ2) is 5.58. The number of nitrogens with zero attached hydrogens (tertiary/aromatic N) is 2. The lowest BCUT2D eigenvalue weighted by Crippen LogP contribution is -2.09. The van der Waals surface area contributed by atoms with Crippen LogP contribution in [0.2, 0.25) is 0 Å². The number of hydrogen-bond donors (Lipinski definition) is 1. The number of aromatic nitrogens is 1. The third kappa shape index (κ3) is 3.06. The molecule has 0 unspecified atom stereocenters. The van der Waals surface area contributed by atoms with Crippen molar-refractivity contribution in [3.63, 3.8) is 0 Å². The number of rotatable bonds is 2. The number of aliphatic hydroxyl groups excluding tert-OH is 1. The maximum Gasteiger partial charge on any atom is 0.417 e. The predicted molar refractivity (Wildman–Crippen MR) is 73.4 cm³/mol. The summed E-state index contributed by atoms with van der Waals surface area (Å²) in [5.74, 6) is -0.722. The zero-order chi connectivity index (χ0) is 15.6. The summed E-state index contributed by atoms with van der Waals surface area (Å²) in [6.07, 6.45) is -4.62. The molecule has 3 nitrogen and oxygen atoms in total. The molecule has 1 N–H and O–H groups in total. The van der Waals surface area contributed by atoms with E-state index in [1.54, 1.807) is 18.4 Å². The lowest BCUT2D eigenvalue weighted by atomic mass is 10.0. The van der Waals surface area contributed by atoms with Crippen LogP contribution >= 0.6 is 11.3 Å². The molecule has 21 heavy (non-hydrogen) atoms. The Morgan fingerprint density at radius 1 is 1.33 bits per heavy atom. The number of halogens is 3. The summed E-state index contributed by atoms with van der Waals surface area (Å²) in [6, 6.07) is 6.28. The van der Waals surface area contributed by atoms with Crippen LogP contribution in [0.3, 0.4) is 0 Å². The van der Waals surface area contributed by atoms with Gasteiger partial charge in [0.25, 0.3) is 0 Å². The van der Waals surface area contributed by atoms with E-state index in [1.165, 1.54) is 12.1 Å². The zero-order valence-electron chi connectivity index (χ0n) is 10.8. The van der Waals surface area contributed by atoms with Crippen molar-refractivity contribution < 1.29 is 18.3 Å². The van der Waals surface area contributed by atoms with E-state index in [4.69, 9.17) is 5.26 Å². The summed E-state index contributed by atoms with van der Waals surface area (Å²) in [5.41, 5.74) is -1.08. The van der Waals surface area contributed by atoms with E-state index in [0.29, 0.717) is 5.69 Å². The van der Waals surface area contributed by atoms with Crippen LogP contribution in [-0.2, 0) is 6.18 Å². The minimum atomic E-state index is -4.62. The van der Waals surface area contributed by atoms with Gasteiger partial charge in [0.15, 0.2) is 0 Å². The molecule has 0 saturated heterocycles. The number of hydrogen-bond acceptors (Lipinski definition) is 4. The summed E-state index contributed by atoms with van der Waals surface area (Å²) in [6.45, 7) is 1.69. The van der Waals surface area contributed by atoms with Gasteiger partial charge in [-0.25, -0.2) is 4.98 Å². The number of benzene rings is 1. The smallest absolute Gasteiger partial charge is 0.417 e. The Labute approximate surface area is 122 Å². The first-order valence-electron chi connectivity index (χ1n) is 5.77. The number of allylic oxidation sites excluding steroid dienone is 1. The van der Waals surface area contributed by atoms with E-state index < -0.39 is 23.1 Å². The van der Waals surface area contributed by atoms with Crippen molar-refractivity contribution in [2.24, 2.45) is 0 Å². The van der Waals surface area contributed by atoms with Crippen molar-refractivity contribution in [3.05, 3.63) is 51.5 Å². The highest BCUT2D eigenvalue weighted by molar-refractivity contribution is 7.11. The maximum absolute atomic E-state index is 13.0. The number of aryl methyl sites for hydroxylation is 1. The van der Waals surface area contributed by atoms with E-state index in [-0.39, 0.29) is 10.6 Å². The fourth-order valence-corrected chi connectivity index (χ4v) is 2.53. The summed E-state index contributed by atoms with van der Waals surface area (Å²) in [7, 11) is 0. The van der Waals surface area contributed by atoms with Crippen LogP contribution in [0, 0.1) is 18.3 Å². The van der Waals surface area contributed by atoms with Crippen LogP contribution in [0.1, 0.15) is 21.8 Å². The Morgan fingerprint density at radius 3 is 2.52 bits per heavy atom. The average molecular weight is 310 g/mol. The van der Waals surface area contributed by atoms with Gasteiger partial charge in [-0.1, -0.05) is 18.2 Å². The maximum atomic E-state index is 13.0. The van der Waals surface area contributed by atoms with Crippen molar-refractivity contribution in [2.75, 3.05) is 0 Å². The van der Waals surface area contributed by atoms with Crippen LogP contribution in [0.4, 0.5) is 13.2 Å². The van der Waals surface area contributed by atoms with Crippen LogP contribution in [0.5, 0.6) is 0 Å². The van der Waals surface area contributed by atoms with Gasteiger partial charge in [-0.15, -0.1) is 11.3 Å². The van der Waals surface area contributed by atoms with E-state index >= 15 is 0 Å². The van der Waals surface area contributed by atoms with Gasteiger partial charge in [0, 0.05) is 16.6 Å². The molecular formula is C14H9F3N2OS. The topological polar surface area (TPSA) is 56.9 Å². The van der Waals surface area contributed by atoms with Crippen LogP contribution < -0.4 is 0 Å². The molecule has 0 radical (unpaired) electrons. The Hall–Kier alpha value is -2.33. The van der Waals surface area contributed by atoms with Gasteiger partial charge < -0.3 is 5.11 Å². The van der Waals surface area contributed by atoms with Crippen LogP contribution in [-0.4, -0.2) is 10.1 Å². The van der Waals surface area contributed by atoms with Gasteiger partial charge in [-0.3, -0.25) is 0 Å². The average Bonchev–Trinajstić information content (AvgIpc) is 2.85. The van der Waals surface area contributed by atoms with Crippen LogP contribution in [0.25, 0.3) is 11.3 Å². The number of nitriles is 1. The monoisotopic (exact) mass is 310 g/mol. The summed E-state index contributed by atoms with van der Waals surface area (Å²) in [4.78, 5) is 4.02. The molecule has 0 fully saturated rings. The van der Waals surface area contributed by atoms with Crippen LogP contribution in [0.15, 0.2) is 29.6 Å². The molecule has 0 aliphatic rings. The molecule has 1 aromatic heterocycles.